The highest BCUT2D eigenvalue weighted by molar-refractivity contribution is 6.31. The molecule has 4 nitrogen and oxygen atoms in total. The van der Waals surface area contributed by atoms with Crippen molar-refractivity contribution >= 4 is 29.0 Å². The molecule has 0 saturated heterocycles. The molecule has 0 aliphatic carbocycles. The SMILES string of the molecule is CC(=O)c1ccc(Nc2nccc(Cc3ccccc3Cl)n2)cc1. The number of aromatic nitrogens is 2. The maximum atomic E-state index is 11.3. The van der Waals surface area contributed by atoms with E-state index in [0.717, 1.165) is 22.0 Å². The molecule has 3 rings (SSSR count). The number of nitrogens with one attached hydrogen (secondary N) is 1. The number of anilines is 2. The molecule has 0 aliphatic heterocycles. The zero-order chi connectivity index (χ0) is 16.9. The van der Waals surface area contributed by atoms with Crippen LogP contribution in [0.3, 0.4) is 0 Å². The Hall–Kier alpha value is -2.72. The van der Waals surface area contributed by atoms with Crippen LogP contribution in [0.2, 0.25) is 5.02 Å². The van der Waals surface area contributed by atoms with Crippen molar-refractivity contribution in [3.63, 3.8) is 0 Å². The van der Waals surface area contributed by atoms with Crippen molar-refractivity contribution in [2.75, 3.05) is 5.32 Å². The molecule has 0 saturated carbocycles. The third-order valence-electron chi connectivity index (χ3n) is 3.59. The number of carbonyl (C=O) groups excluding carboxylic acids is 1. The van der Waals surface area contributed by atoms with E-state index in [4.69, 9.17) is 11.6 Å². The largest absolute Gasteiger partial charge is 0.324 e. The van der Waals surface area contributed by atoms with Crippen molar-refractivity contribution in [2.24, 2.45) is 0 Å². The maximum absolute atomic E-state index is 11.3. The third-order valence-corrected chi connectivity index (χ3v) is 3.96. The number of benzene rings is 2. The summed E-state index contributed by atoms with van der Waals surface area (Å²) in [4.78, 5) is 20.1. The van der Waals surface area contributed by atoms with E-state index in [1.54, 1.807) is 25.3 Å². The Morgan fingerprint density at radius 2 is 1.83 bits per heavy atom. The van der Waals surface area contributed by atoms with Crippen molar-refractivity contribution in [1.82, 2.24) is 9.97 Å². The number of halogens is 1. The molecule has 1 heterocycles. The van der Waals surface area contributed by atoms with Gasteiger partial charge in [0.1, 0.15) is 0 Å². The van der Waals surface area contributed by atoms with Gasteiger partial charge in [-0.15, -0.1) is 0 Å². The number of rotatable bonds is 5. The lowest BCUT2D eigenvalue weighted by Crippen LogP contribution is -2.01. The van der Waals surface area contributed by atoms with E-state index in [2.05, 4.69) is 15.3 Å². The molecule has 24 heavy (non-hydrogen) atoms. The standard InChI is InChI=1S/C19H16ClN3O/c1-13(24)14-6-8-16(9-7-14)22-19-21-11-10-17(23-19)12-15-4-2-3-5-18(15)20/h2-11H,12H2,1H3,(H,21,22,23). The van der Waals surface area contributed by atoms with E-state index < -0.39 is 0 Å². The van der Waals surface area contributed by atoms with Crippen LogP contribution < -0.4 is 5.32 Å². The van der Waals surface area contributed by atoms with Crippen molar-refractivity contribution in [1.29, 1.82) is 0 Å². The molecule has 0 unspecified atom stereocenters. The Balaban J connectivity index is 1.75. The molecular formula is C19H16ClN3O. The Morgan fingerprint density at radius 1 is 1.08 bits per heavy atom. The first-order valence-corrected chi connectivity index (χ1v) is 7.93. The molecule has 120 valence electrons. The first kappa shape index (κ1) is 16.1. The number of hydrogen-bond acceptors (Lipinski definition) is 4. The second-order valence-electron chi connectivity index (χ2n) is 5.40. The zero-order valence-electron chi connectivity index (χ0n) is 13.2. The summed E-state index contributed by atoms with van der Waals surface area (Å²) in [6.07, 6.45) is 2.35. The molecule has 1 aromatic heterocycles. The van der Waals surface area contributed by atoms with E-state index in [9.17, 15) is 4.79 Å². The van der Waals surface area contributed by atoms with Crippen LogP contribution in [-0.4, -0.2) is 15.8 Å². The highest BCUT2D eigenvalue weighted by Gasteiger charge is 2.05. The minimum absolute atomic E-state index is 0.0412. The summed E-state index contributed by atoms with van der Waals surface area (Å²) in [6.45, 7) is 1.55. The van der Waals surface area contributed by atoms with Crippen LogP contribution in [0, 0.1) is 0 Å². The maximum Gasteiger partial charge on any atom is 0.227 e. The van der Waals surface area contributed by atoms with E-state index in [-0.39, 0.29) is 5.78 Å². The number of hydrogen-bond donors (Lipinski definition) is 1. The average Bonchev–Trinajstić information content (AvgIpc) is 2.58. The van der Waals surface area contributed by atoms with Crippen LogP contribution >= 0.6 is 11.6 Å². The van der Waals surface area contributed by atoms with Gasteiger partial charge in [0.2, 0.25) is 5.95 Å². The number of ketones is 1. The summed E-state index contributed by atoms with van der Waals surface area (Å²) < 4.78 is 0. The Bertz CT molecular complexity index is 862. The Morgan fingerprint density at radius 3 is 2.54 bits per heavy atom. The number of carbonyl (C=O) groups is 1. The molecule has 0 amide bonds. The second-order valence-corrected chi connectivity index (χ2v) is 5.81. The monoisotopic (exact) mass is 337 g/mol. The van der Waals surface area contributed by atoms with E-state index >= 15 is 0 Å². The van der Waals surface area contributed by atoms with Crippen LogP contribution in [0.5, 0.6) is 0 Å². The van der Waals surface area contributed by atoms with Crippen molar-refractivity contribution < 1.29 is 4.79 Å². The van der Waals surface area contributed by atoms with Crippen molar-refractivity contribution in [3.8, 4) is 0 Å². The first-order chi connectivity index (χ1) is 11.6. The average molecular weight is 338 g/mol. The normalized spacial score (nSPS) is 10.4. The molecule has 0 fully saturated rings. The van der Waals surface area contributed by atoms with E-state index in [0.29, 0.717) is 17.9 Å². The molecule has 2 aromatic carbocycles. The molecule has 0 spiro atoms. The van der Waals surface area contributed by atoms with Gasteiger partial charge in [0.15, 0.2) is 5.78 Å². The van der Waals surface area contributed by atoms with Gasteiger partial charge < -0.3 is 5.32 Å². The highest BCUT2D eigenvalue weighted by Crippen LogP contribution is 2.19. The predicted molar refractivity (Wildman–Crippen MR) is 96.0 cm³/mol. The summed E-state index contributed by atoms with van der Waals surface area (Å²) in [6, 6.07) is 16.8. The van der Waals surface area contributed by atoms with E-state index in [1.165, 1.54) is 0 Å². The second kappa shape index (κ2) is 7.23. The fourth-order valence-electron chi connectivity index (χ4n) is 2.31. The summed E-state index contributed by atoms with van der Waals surface area (Å²) in [5.74, 6) is 0.551. The van der Waals surface area contributed by atoms with E-state index in [1.807, 2.05) is 42.5 Å². The first-order valence-electron chi connectivity index (χ1n) is 7.55. The van der Waals surface area contributed by atoms with Crippen molar-refractivity contribution in [2.45, 2.75) is 13.3 Å². The van der Waals surface area contributed by atoms with Gasteiger partial charge in [-0.05, 0) is 48.9 Å². The Kier molecular flexibility index (Phi) is 4.87. The summed E-state index contributed by atoms with van der Waals surface area (Å²) in [5, 5.41) is 3.87. The lowest BCUT2D eigenvalue weighted by Gasteiger charge is -2.08. The van der Waals surface area contributed by atoms with Crippen molar-refractivity contribution in [3.05, 3.63) is 82.6 Å². The van der Waals surface area contributed by atoms with Crippen LogP contribution in [0.1, 0.15) is 28.5 Å². The smallest absolute Gasteiger partial charge is 0.227 e. The van der Waals surface area contributed by atoms with Crippen LogP contribution in [-0.2, 0) is 6.42 Å². The Labute approximate surface area is 145 Å². The predicted octanol–water partition coefficient (Wildman–Crippen LogP) is 4.67. The third kappa shape index (κ3) is 3.97. The molecule has 1 N–H and O–H groups in total. The molecule has 3 aromatic rings. The van der Waals surface area contributed by atoms with Gasteiger partial charge in [-0.3, -0.25) is 4.79 Å². The topological polar surface area (TPSA) is 54.9 Å². The summed E-state index contributed by atoms with van der Waals surface area (Å²) in [5.41, 5.74) is 3.40. The molecule has 0 bridgehead atoms. The highest BCUT2D eigenvalue weighted by atomic mass is 35.5. The van der Waals surface area contributed by atoms with Gasteiger partial charge in [-0.1, -0.05) is 29.8 Å². The van der Waals surface area contributed by atoms with Gasteiger partial charge >= 0.3 is 0 Å². The van der Waals surface area contributed by atoms with Crippen LogP contribution in [0.15, 0.2) is 60.8 Å². The fourth-order valence-corrected chi connectivity index (χ4v) is 2.51. The molecule has 0 atom stereocenters. The van der Waals surface area contributed by atoms with Gasteiger partial charge in [-0.25, -0.2) is 9.97 Å². The zero-order valence-corrected chi connectivity index (χ0v) is 13.9. The molecule has 0 radical (unpaired) electrons. The number of Topliss-reactive ketones (excluding diaryl/α,β-unsaturated/α-hetero) is 1. The van der Waals surface area contributed by atoms with Gasteiger partial charge in [0, 0.05) is 28.9 Å². The minimum Gasteiger partial charge on any atom is -0.324 e. The summed E-state index contributed by atoms with van der Waals surface area (Å²) >= 11 is 6.20. The fraction of sp³-hybridized carbons (Fsp3) is 0.105. The van der Waals surface area contributed by atoms with Gasteiger partial charge in [0.05, 0.1) is 5.69 Å². The summed E-state index contributed by atoms with van der Waals surface area (Å²) in [7, 11) is 0. The van der Waals surface area contributed by atoms with Gasteiger partial charge in [-0.2, -0.15) is 0 Å². The van der Waals surface area contributed by atoms with Crippen LogP contribution in [0.4, 0.5) is 11.6 Å². The lowest BCUT2D eigenvalue weighted by molar-refractivity contribution is 0.101. The molecule has 5 heteroatoms. The number of nitrogens with zero attached hydrogens (tertiary/aromatic N) is 2. The lowest BCUT2D eigenvalue weighted by atomic mass is 10.1. The quantitative estimate of drug-likeness (QED) is 0.687. The van der Waals surface area contributed by atoms with Crippen LogP contribution in [0.25, 0.3) is 0 Å². The molecular weight excluding hydrogens is 322 g/mol. The van der Waals surface area contributed by atoms with Gasteiger partial charge in [0.25, 0.3) is 0 Å². The molecule has 0 aliphatic rings. The minimum atomic E-state index is 0.0412.